The molecule has 0 aromatic heterocycles. The lowest BCUT2D eigenvalue weighted by Crippen LogP contribution is -2.14. The van der Waals surface area contributed by atoms with Gasteiger partial charge in [-0.25, -0.2) is 8.42 Å². The third kappa shape index (κ3) is 2.75. The Kier molecular flexibility index (Phi) is 3.52. The summed E-state index contributed by atoms with van der Waals surface area (Å²) in [6.07, 6.45) is 1.99. The Hall–Kier alpha value is -0.580. The van der Waals surface area contributed by atoms with E-state index in [4.69, 9.17) is 15.4 Å². The van der Waals surface area contributed by atoms with Crippen molar-refractivity contribution < 1.29 is 13.2 Å². The molecule has 1 heterocycles. The topological polar surface area (TPSA) is 43.4 Å². The van der Waals surface area contributed by atoms with E-state index in [9.17, 15) is 8.42 Å². The van der Waals surface area contributed by atoms with Gasteiger partial charge < -0.3 is 4.74 Å². The molecule has 0 aliphatic carbocycles. The molecule has 0 unspecified atom stereocenters. The van der Waals surface area contributed by atoms with Crippen LogP contribution in [-0.4, -0.2) is 21.6 Å². The van der Waals surface area contributed by atoms with Crippen LogP contribution < -0.4 is 0 Å². The van der Waals surface area contributed by atoms with Crippen molar-refractivity contribution in [3.63, 3.8) is 0 Å². The fourth-order valence-corrected chi connectivity index (χ4v) is 2.70. The monoisotopic (exact) mass is 260 g/mol. The van der Waals surface area contributed by atoms with E-state index in [1.165, 1.54) is 0 Å². The van der Waals surface area contributed by atoms with Gasteiger partial charge in [0.15, 0.2) is 0 Å². The van der Waals surface area contributed by atoms with Gasteiger partial charge in [0, 0.05) is 23.9 Å². The van der Waals surface area contributed by atoms with Crippen LogP contribution in [0.5, 0.6) is 0 Å². The fraction of sp³-hybridized carbons (Fsp3) is 0.455. The quantitative estimate of drug-likeness (QED) is 0.768. The van der Waals surface area contributed by atoms with Crippen LogP contribution in [0, 0.1) is 0 Å². The molecule has 0 N–H and O–H groups in total. The number of hydrogen-bond donors (Lipinski definition) is 0. The van der Waals surface area contributed by atoms with Crippen LogP contribution in [0.25, 0.3) is 0 Å². The van der Waals surface area contributed by atoms with Gasteiger partial charge in [-0.3, -0.25) is 0 Å². The largest absolute Gasteiger partial charge is 0.381 e. The van der Waals surface area contributed by atoms with Crippen LogP contribution >= 0.6 is 10.7 Å². The minimum Gasteiger partial charge on any atom is -0.381 e. The average molecular weight is 261 g/mol. The molecule has 2 rings (SSSR count). The van der Waals surface area contributed by atoms with Crippen LogP contribution in [0.15, 0.2) is 29.2 Å². The number of hydrogen-bond acceptors (Lipinski definition) is 3. The first-order valence-corrected chi connectivity index (χ1v) is 7.50. The lowest BCUT2D eigenvalue weighted by atomic mass is 9.92. The van der Waals surface area contributed by atoms with Crippen LogP contribution in [0.2, 0.25) is 0 Å². The maximum atomic E-state index is 11.1. The van der Waals surface area contributed by atoms with E-state index in [2.05, 4.69) is 0 Å². The number of rotatable bonds is 2. The van der Waals surface area contributed by atoms with Gasteiger partial charge in [0.05, 0.1) is 4.90 Å². The smallest absolute Gasteiger partial charge is 0.261 e. The summed E-state index contributed by atoms with van der Waals surface area (Å²) in [6, 6.07) is 6.80. The van der Waals surface area contributed by atoms with Gasteiger partial charge in [-0.05, 0) is 36.5 Å². The Morgan fingerprint density at radius 2 is 1.69 bits per heavy atom. The van der Waals surface area contributed by atoms with Gasteiger partial charge in [-0.2, -0.15) is 0 Å². The van der Waals surface area contributed by atoms with E-state index in [1.54, 1.807) is 12.1 Å². The maximum Gasteiger partial charge on any atom is 0.261 e. The zero-order valence-electron chi connectivity index (χ0n) is 8.73. The highest BCUT2D eigenvalue weighted by Crippen LogP contribution is 2.27. The summed E-state index contributed by atoms with van der Waals surface area (Å²) in [7, 11) is 1.65. The number of halogens is 1. The van der Waals surface area contributed by atoms with Gasteiger partial charge >= 0.3 is 0 Å². The van der Waals surface area contributed by atoms with Crippen molar-refractivity contribution in [2.24, 2.45) is 0 Å². The summed E-state index contributed by atoms with van der Waals surface area (Å²) < 4.78 is 27.4. The first-order chi connectivity index (χ1) is 7.57. The molecule has 1 aromatic carbocycles. The molecule has 1 saturated heterocycles. The van der Waals surface area contributed by atoms with Gasteiger partial charge in [-0.15, -0.1) is 0 Å². The standard InChI is InChI=1S/C11H13ClO3S/c12-16(13,14)11-3-1-9(2-4-11)10-5-7-15-8-6-10/h1-4,10H,5-8H2. The molecule has 88 valence electrons. The molecular formula is C11H13ClO3S. The third-order valence-electron chi connectivity index (χ3n) is 2.85. The molecule has 0 atom stereocenters. The molecule has 0 spiro atoms. The number of ether oxygens (including phenoxy) is 1. The molecule has 0 radical (unpaired) electrons. The minimum atomic E-state index is -3.60. The predicted molar refractivity (Wildman–Crippen MR) is 62.3 cm³/mol. The lowest BCUT2D eigenvalue weighted by molar-refractivity contribution is 0.0853. The van der Waals surface area contributed by atoms with Crippen molar-refractivity contribution in [2.45, 2.75) is 23.7 Å². The van der Waals surface area contributed by atoms with Crippen LogP contribution in [0.4, 0.5) is 0 Å². The average Bonchev–Trinajstić information content (AvgIpc) is 2.29. The first-order valence-electron chi connectivity index (χ1n) is 5.20. The second kappa shape index (κ2) is 4.73. The highest BCUT2D eigenvalue weighted by Gasteiger charge is 2.17. The molecule has 0 bridgehead atoms. The molecule has 1 aliphatic heterocycles. The molecule has 3 nitrogen and oxygen atoms in total. The van der Waals surface area contributed by atoms with E-state index in [0.717, 1.165) is 31.6 Å². The Morgan fingerprint density at radius 1 is 1.12 bits per heavy atom. The second-order valence-corrected chi connectivity index (χ2v) is 6.46. The summed E-state index contributed by atoms with van der Waals surface area (Å²) in [5.74, 6) is 0.473. The summed E-state index contributed by atoms with van der Waals surface area (Å²) in [5.41, 5.74) is 1.16. The number of benzene rings is 1. The molecule has 1 aromatic rings. The molecule has 0 amide bonds. The zero-order valence-corrected chi connectivity index (χ0v) is 10.3. The van der Waals surface area contributed by atoms with Gasteiger partial charge in [0.1, 0.15) is 0 Å². The lowest BCUT2D eigenvalue weighted by Gasteiger charge is -2.22. The van der Waals surface area contributed by atoms with Crippen molar-refractivity contribution in [2.75, 3.05) is 13.2 Å². The molecule has 1 fully saturated rings. The van der Waals surface area contributed by atoms with Crippen LogP contribution in [-0.2, 0) is 13.8 Å². The first kappa shape index (κ1) is 11.9. The van der Waals surface area contributed by atoms with E-state index in [-0.39, 0.29) is 4.90 Å². The Labute approximate surface area is 99.8 Å². The van der Waals surface area contributed by atoms with Crippen molar-refractivity contribution in [3.8, 4) is 0 Å². The van der Waals surface area contributed by atoms with Gasteiger partial charge in [0.25, 0.3) is 9.05 Å². The van der Waals surface area contributed by atoms with Crippen LogP contribution in [0.1, 0.15) is 24.3 Å². The highest BCUT2D eigenvalue weighted by molar-refractivity contribution is 8.13. The van der Waals surface area contributed by atoms with Crippen LogP contribution in [0.3, 0.4) is 0 Å². The second-order valence-electron chi connectivity index (χ2n) is 3.89. The molecular weight excluding hydrogens is 248 g/mol. The van der Waals surface area contributed by atoms with Crippen molar-refractivity contribution in [3.05, 3.63) is 29.8 Å². The van der Waals surface area contributed by atoms with Crippen molar-refractivity contribution in [1.29, 1.82) is 0 Å². The fourth-order valence-electron chi connectivity index (χ4n) is 1.93. The van der Waals surface area contributed by atoms with Crippen molar-refractivity contribution in [1.82, 2.24) is 0 Å². The molecule has 16 heavy (non-hydrogen) atoms. The maximum absolute atomic E-state index is 11.1. The van der Waals surface area contributed by atoms with Crippen molar-refractivity contribution >= 4 is 19.7 Å². The SMILES string of the molecule is O=S(=O)(Cl)c1ccc(C2CCOCC2)cc1. The van der Waals surface area contributed by atoms with E-state index >= 15 is 0 Å². The summed E-state index contributed by atoms with van der Waals surface area (Å²) >= 11 is 0. The zero-order chi connectivity index (χ0) is 11.6. The highest BCUT2D eigenvalue weighted by atomic mass is 35.7. The minimum absolute atomic E-state index is 0.157. The normalized spacial score (nSPS) is 18.6. The van der Waals surface area contributed by atoms with Gasteiger partial charge in [0.2, 0.25) is 0 Å². The Morgan fingerprint density at radius 3 is 2.19 bits per heavy atom. The summed E-state index contributed by atoms with van der Waals surface area (Å²) in [4.78, 5) is 0.157. The third-order valence-corrected chi connectivity index (χ3v) is 4.22. The predicted octanol–water partition coefficient (Wildman–Crippen LogP) is 2.51. The summed E-state index contributed by atoms with van der Waals surface area (Å²) in [6.45, 7) is 1.56. The van der Waals surface area contributed by atoms with E-state index in [1.807, 2.05) is 12.1 Å². The Balaban J connectivity index is 2.18. The van der Waals surface area contributed by atoms with E-state index < -0.39 is 9.05 Å². The molecule has 5 heteroatoms. The summed E-state index contributed by atoms with van der Waals surface area (Å²) in [5, 5.41) is 0. The molecule has 0 saturated carbocycles. The molecule has 1 aliphatic rings. The van der Waals surface area contributed by atoms with E-state index in [0.29, 0.717) is 5.92 Å². The van der Waals surface area contributed by atoms with Gasteiger partial charge in [-0.1, -0.05) is 12.1 Å². The Bertz CT molecular complexity index is 447.